The number of hydrogen-bond acceptors (Lipinski definition) is 3. The number of nitrogens with two attached hydrogens (primary N) is 1. The average molecular weight is 374 g/mol. The lowest BCUT2D eigenvalue weighted by atomic mass is 9.95. The van der Waals surface area contributed by atoms with Gasteiger partial charge in [0.2, 0.25) is 0 Å². The van der Waals surface area contributed by atoms with E-state index in [0.717, 1.165) is 42.8 Å². The summed E-state index contributed by atoms with van der Waals surface area (Å²) in [6.45, 7) is 2.12. The largest absolute Gasteiger partial charge is 0.469 e. The second kappa shape index (κ2) is 8.23. The lowest BCUT2D eigenvalue weighted by molar-refractivity contribution is 0.188. The van der Waals surface area contributed by atoms with Crippen LogP contribution in [0.25, 0.3) is 0 Å². The van der Waals surface area contributed by atoms with Crippen molar-refractivity contribution in [1.82, 2.24) is 15.5 Å². The Morgan fingerprint density at radius 2 is 2.07 bits per heavy atom. The van der Waals surface area contributed by atoms with Gasteiger partial charge in [-0.05, 0) is 56.1 Å². The first kappa shape index (κ1) is 18.2. The topological polar surface area (TPSA) is 95.9 Å². The molecule has 1 saturated heterocycles. The Balaban J connectivity index is 1.34. The molecule has 2 bridgehead atoms. The van der Waals surface area contributed by atoms with Gasteiger partial charge >= 0.3 is 6.03 Å². The third-order valence-corrected chi connectivity index (χ3v) is 6.42. The van der Waals surface area contributed by atoms with Gasteiger partial charge < -0.3 is 25.7 Å². The SMILES string of the molecule is NC(=O)N1CCC(NC(=NCCc2ccco2)NC2CC3CCC2C3)CC1. The number of piperidine rings is 1. The average Bonchev–Trinajstić information content (AvgIpc) is 3.40. The number of guanidine groups is 1. The van der Waals surface area contributed by atoms with E-state index in [-0.39, 0.29) is 6.03 Å². The Morgan fingerprint density at radius 3 is 2.70 bits per heavy atom. The zero-order valence-corrected chi connectivity index (χ0v) is 15.9. The maximum absolute atomic E-state index is 11.3. The van der Waals surface area contributed by atoms with Crippen molar-refractivity contribution in [2.75, 3.05) is 19.6 Å². The summed E-state index contributed by atoms with van der Waals surface area (Å²) in [4.78, 5) is 17.9. The van der Waals surface area contributed by atoms with E-state index in [4.69, 9.17) is 15.1 Å². The first-order valence-electron chi connectivity index (χ1n) is 10.3. The molecule has 3 unspecified atom stereocenters. The number of aliphatic imine (C=N–C) groups is 1. The van der Waals surface area contributed by atoms with E-state index in [1.54, 1.807) is 11.2 Å². The molecule has 0 radical (unpaired) electrons. The molecule has 1 aliphatic heterocycles. The molecule has 7 nitrogen and oxygen atoms in total. The third kappa shape index (κ3) is 4.57. The van der Waals surface area contributed by atoms with Crippen molar-refractivity contribution < 1.29 is 9.21 Å². The Morgan fingerprint density at radius 1 is 1.22 bits per heavy atom. The van der Waals surface area contributed by atoms with Crippen LogP contribution < -0.4 is 16.4 Å². The first-order chi connectivity index (χ1) is 13.2. The van der Waals surface area contributed by atoms with E-state index in [1.165, 1.54) is 25.7 Å². The third-order valence-electron chi connectivity index (χ3n) is 6.42. The number of carbonyl (C=O) groups excluding carboxylic acids is 1. The van der Waals surface area contributed by atoms with Gasteiger partial charge in [0, 0.05) is 38.1 Å². The second-order valence-electron chi connectivity index (χ2n) is 8.23. The molecule has 2 amide bonds. The van der Waals surface area contributed by atoms with Crippen LogP contribution >= 0.6 is 0 Å². The van der Waals surface area contributed by atoms with Crippen LogP contribution in [0.2, 0.25) is 0 Å². The van der Waals surface area contributed by atoms with Crippen molar-refractivity contribution in [2.45, 2.75) is 57.0 Å². The summed E-state index contributed by atoms with van der Waals surface area (Å²) in [5.74, 6) is 3.57. The number of amides is 2. The smallest absolute Gasteiger partial charge is 0.314 e. The lowest BCUT2D eigenvalue weighted by Gasteiger charge is -2.33. The standard InChI is InChI=1S/C20H31N5O2/c21-19(26)25-9-6-16(7-10-25)23-20(22-8-5-17-2-1-11-27-17)24-18-13-14-3-4-15(18)12-14/h1-2,11,14-16,18H,3-10,12-13H2,(H2,21,26)(H2,22,23,24). The fourth-order valence-electron chi connectivity index (χ4n) is 4.90. The summed E-state index contributed by atoms with van der Waals surface area (Å²) in [5, 5.41) is 7.32. The summed E-state index contributed by atoms with van der Waals surface area (Å²) in [6, 6.07) is 4.46. The number of rotatable bonds is 5. The van der Waals surface area contributed by atoms with E-state index < -0.39 is 0 Å². The van der Waals surface area contributed by atoms with Gasteiger partial charge in [0.05, 0.1) is 6.26 Å². The number of primary amides is 1. The Bertz CT molecular complexity index is 651. The maximum Gasteiger partial charge on any atom is 0.314 e. The Hall–Kier alpha value is -2.18. The molecular weight excluding hydrogens is 342 g/mol. The fourth-order valence-corrected chi connectivity index (χ4v) is 4.90. The Kier molecular flexibility index (Phi) is 5.55. The van der Waals surface area contributed by atoms with Gasteiger partial charge in [-0.25, -0.2) is 4.79 Å². The molecule has 4 rings (SSSR count). The van der Waals surface area contributed by atoms with Crippen LogP contribution in [0, 0.1) is 11.8 Å². The summed E-state index contributed by atoms with van der Waals surface area (Å²) in [5.41, 5.74) is 5.39. The van der Waals surface area contributed by atoms with Crippen LogP contribution in [0.4, 0.5) is 4.79 Å². The molecule has 2 saturated carbocycles. The van der Waals surface area contributed by atoms with Gasteiger partial charge in [0.25, 0.3) is 0 Å². The zero-order chi connectivity index (χ0) is 18.6. The minimum Gasteiger partial charge on any atom is -0.469 e. The predicted octanol–water partition coefficient (Wildman–Crippen LogP) is 2.09. The van der Waals surface area contributed by atoms with Crippen LogP contribution in [0.3, 0.4) is 0 Å². The Labute approximate surface area is 160 Å². The molecule has 2 heterocycles. The molecule has 1 aromatic rings. The quantitative estimate of drug-likeness (QED) is 0.544. The van der Waals surface area contributed by atoms with Crippen molar-refractivity contribution in [3.8, 4) is 0 Å². The number of nitrogens with zero attached hydrogens (tertiary/aromatic N) is 2. The summed E-state index contributed by atoms with van der Waals surface area (Å²) < 4.78 is 5.41. The van der Waals surface area contributed by atoms with E-state index in [0.29, 0.717) is 31.7 Å². The van der Waals surface area contributed by atoms with Crippen molar-refractivity contribution in [2.24, 2.45) is 22.6 Å². The number of urea groups is 1. The second-order valence-corrected chi connectivity index (χ2v) is 8.23. The number of fused-ring (bicyclic) bond motifs is 2. The van der Waals surface area contributed by atoms with Gasteiger partial charge in [0.15, 0.2) is 5.96 Å². The highest BCUT2D eigenvalue weighted by Crippen LogP contribution is 2.44. The number of nitrogens with one attached hydrogen (secondary N) is 2. The highest BCUT2D eigenvalue weighted by Gasteiger charge is 2.40. The molecule has 1 aromatic heterocycles. The van der Waals surface area contributed by atoms with Crippen molar-refractivity contribution in [1.29, 1.82) is 0 Å². The van der Waals surface area contributed by atoms with Crippen LogP contribution in [-0.2, 0) is 6.42 Å². The van der Waals surface area contributed by atoms with Crippen molar-refractivity contribution >= 4 is 12.0 Å². The molecule has 0 aromatic carbocycles. The number of hydrogen-bond donors (Lipinski definition) is 3. The maximum atomic E-state index is 11.3. The lowest BCUT2D eigenvalue weighted by Crippen LogP contribution is -2.53. The van der Waals surface area contributed by atoms with E-state index in [2.05, 4.69) is 10.6 Å². The highest BCUT2D eigenvalue weighted by molar-refractivity contribution is 5.80. The van der Waals surface area contributed by atoms with Gasteiger partial charge in [-0.15, -0.1) is 0 Å². The van der Waals surface area contributed by atoms with E-state index in [9.17, 15) is 4.79 Å². The number of carbonyl (C=O) groups is 1. The molecule has 3 atom stereocenters. The summed E-state index contributed by atoms with van der Waals surface area (Å²) >= 11 is 0. The molecule has 4 N–H and O–H groups in total. The monoisotopic (exact) mass is 373 g/mol. The van der Waals surface area contributed by atoms with Crippen molar-refractivity contribution in [3.63, 3.8) is 0 Å². The summed E-state index contributed by atoms with van der Waals surface area (Å²) in [7, 11) is 0. The van der Waals surface area contributed by atoms with Crippen LogP contribution in [0.1, 0.15) is 44.3 Å². The van der Waals surface area contributed by atoms with Gasteiger partial charge in [-0.3, -0.25) is 4.99 Å². The molecule has 3 fully saturated rings. The molecule has 7 heteroatoms. The van der Waals surface area contributed by atoms with Gasteiger partial charge in [0.1, 0.15) is 5.76 Å². The fraction of sp³-hybridized carbons (Fsp3) is 0.700. The van der Waals surface area contributed by atoms with Gasteiger partial charge in [-0.1, -0.05) is 6.42 Å². The minimum atomic E-state index is -0.319. The van der Waals surface area contributed by atoms with E-state index >= 15 is 0 Å². The number of furan rings is 1. The van der Waals surface area contributed by atoms with Crippen LogP contribution in [-0.4, -0.2) is 48.6 Å². The predicted molar refractivity (Wildman–Crippen MR) is 104 cm³/mol. The first-order valence-corrected chi connectivity index (χ1v) is 10.3. The van der Waals surface area contributed by atoms with E-state index in [1.807, 2.05) is 12.1 Å². The number of likely N-dealkylation sites (tertiary alicyclic amines) is 1. The molecule has 3 aliphatic rings. The zero-order valence-electron chi connectivity index (χ0n) is 15.9. The van der Waals surface area contributed by atoms with Gasteiger partial charge in [-0.2, -0.15) is 0 Å². The normalized spacial score (nSPS) is 28.5. The minimum absolute atomic E-state index is 0.319. The van der Waals surface area contributed by atoms with Crippen LogP contribution in [0.15, 0.2) is 27.8 Å². The molecule has 0 spiro atoms. The highest BCUT2D eigenvalue weighted by atomic mass is 16.3. The molecule has 148 valence electrons. The van der Waals surface area contributed by atoms with Crippen molar-refractivity contribution in [3.05, 3.63) is 24.2 Å². The molecular formula is C20H31N5O2. The molecule has 2 aliphatic carbocycles. The molecule has 27 heavy (non-hydrogen) atoms. The van der Waals surface area contributed by atoms with Crippen LogP contribution in [0.5, 0.6) is 0 Å². The summed E-state index contributed by atoms with van der Waals surface area (Å²) in [6.07, 6.45) is 9.69.